The Morgan fingerprint density at radius 3 is 2.89 bits per heavy atom. The third-order valence-electron chi connectivity index (χ3n) is 3.64. The zero-order chi connectivity index (χ0) is 13.7. The van der Waals surface area contributed by atoms with Crippen molar-refractivity contribution in [3.8, 4) is 0 Å². The molecule has 1 aliphatic heterocycles. The van der Waals surface area contributed by atoms with Crippen molar-refractivity contribution < 1.29 is 5.11 Å². The molecule has 0 aliphatic carbocycles. The molecule has 1 aromatic heterocycles. The molecule has 1 saturated heterocycles. The van der Waals surface area contributed by atoms with E-state index in [9.17, 15) is 5.11 Å². The van der Waals surface area contributed by atoms with Crippen LogP contribution in [0, 0.1) is 5.92 Å². The SMILES string of the molecule is CCCNc1cnc(CN2CCC(C(C)O)C2)cn1. The first-order valence-electron chi connectivity index (χ1n) is 7.14. The van der Waals surface area contributed by atoms with Crippen molar-refractivity contribution >= 4 is 5.82 Å². The van der Waals surface area contributed by atoms with Gasteiger partial charge in [-0.3, -0.25) is 9.88 Å². The lowest BCUT2D eigenvalue weighted by Crippen LogP contribution is -2.24. The number of hydrogen-bond acceptors (Lipinski definition) is 5. The summed E-state index contributed by atoms with van der Waals surface area (Å²) in [7, 11) is 0. The molecule has 1 aromatic rings. The molecule has 1 fully saturated rings. The van der Waals surface area contributed by atoms with Crippen molar-refractivity contribution in [3.05, 3.63) is 18.1 Å². The van der Waals surface area contributed by atoms with Gasteiger partial charge in [0.25, 0.3) is 0 Å². The lowest BCUT2D eigenvalue weighted by molar-refractivity contribution is 0.127. The van der Waals surface area contributed by atoms with Crippen LogP contribution in [0.25, 0.3) is 0 Å². The Balaban J connectivity index is 1.83. The number of nitrogens with one attached hydrogen (secondary N) is 1. The fourth-order valence-electron chi connectivity index (χ4n) is 2.41. The van der Waals surface area contributed by atoms with Gasteiger partial charge >= 0.3 is 0 Å². The molecule has 0 radical (unpaired) electrons. The third-order valence-corrected chi connectivity index (χ3v) is 3.64. The van der Waals surface area contributed by atoms with Crippen LogP contribution in [0.3, 0.4) is 0 Å². The van der Waals surface area contributed by atoms with Crippen LogP contribution >= 0.6 is 0 Å². The number of rotatable bonds is 6. The number of aliphatic hydroxyl groups excluding tert-OH is 1. The predicted octanol–water partition coefficient (Wildman–Crippen LogP) is 1.50. The van der Waals surface area contributed by atoms with Gasteiger partial charge in [-0.05, 0) is 32.2 Å². The van der Waals surface area contributed by atoms with Gasteiger partial charge in [-0.2, -0.15) is 0 Å². The van der Waals surface area contributed by atoms with E-state index in [4.69, 9.17) is 0 Å². The molecule has 2 rings (SSSR count). The molecule has 19 heavy (non-hydrogen) atoms. The van der Waals surface area contributed by atoms with Crippen molar-refractivity contribution in [1.29, 1.82) is 0 Å². The topological polar surface area (TPSA) is 61.3 Å². The van der Waals surface area contributed by atoms with Crippen LogP contribution in [0.4, 0.5) is 5.82 Å². The van der Waals surface area contributed by atoms with Crippen LogP contribution in [0.15, 0.2) is 12.4 Å². The van der Waals surface area contributed by atoms with Gasteiger partial charge in [0.05, 0.1) is 24.2 Å². The lowest BCUT2D eigenvalue weighted by Gasteiger charge is -2.16. The largest absolute Gasteiger partial charge is 0.393 e. The van der Waals surface area contributed by atoms with Crippen molar-refractivity contribution in [2.75, 3.05) is 25.0 Å². The van der Waals surface area contributed by atoms with E-state index >= 15 is 0 Å². The summed E-state index contributed by atoms with van der Waals surface area (Å²) in [6.45, 7) is 7.74. The van der Waals surface area contributed by atoms with Crippen LogP contribution in [0.5, 0.6) is 0 Å². The molecule has 0 aromatic carbocycles. The van der Waals surface area contributed by atoms with Gasteiger partial charge in [0.1, 0.15) is 5.82 Å². The highest BCUT2D eigenvalue weighted by atomic mass is 16.3. The maximum Gasteiger partial charge on any atom is 0.144 e. The maximum absolute atomic E-state index is 9.59. The molecule has 5 nitrogen and oxygen atoms in total. The van der Waals surface area contributed by atoms with E-state index in [1.54, 1.807) is 6.20 Å². The van der Waals surface area contributed by atoms with Gasteiger partial charge < -0.3 is 10.4 Å². The highest BCUT2D eigenvalue weighted by molar-refractivity contribution is 5.30. The normalized spacial score (nSPS) is 21.5. The van der Waals surface area contributed by atoms with Crippen molar-refractivity contribution in [1.82, 2.24) is 14.9 Å². The van der Waals surface area contributed by atoms with Crippen LogP contribution in [0.1, 0.15) is 32.4 Å². The Morgan fingerprint density at radius 2 is 2.32 bits per heavy atom. The Hall–Kier alpha value is -1.20. The molecule has 1 aliphatic rings. The second-order valence-corrected chi connectivity index (χ2v) is 5.34. The quantitative estimate of drug-likeness (QED) is 0.815. The summed E-state index contributed by atoms with van der Waals surface area (Å²) in [5.41, 5.74) is 0.994. The third kappa shape index (κ3) is 4.14. The molecular weight excluding hydrogens is 240 g/mol. The van der Waals surface area contributed by atoms with Crippen LogP contribution in [0.2, 0.25) is 0 Å². The van der Waals surface area contributed by atoms with E-state index in [1.165, 1.54) is 0 Å². The molecule has 2 N–H and O–H groups in total. The van der Waals surface area contributed by atoms with Gasteiger partial charge in [-0.25, -0.2) is 4.98 Å². The Kier molecular flexibility index (Phi) is 5.10. The van der Waals surface area contributed by atoms with E-state index in [2.05, 4.69) is 27.1 Å². The number of nitrogens with zero attached hydrogens (tertiary/aromatic N) is 3. The second kappa shape index (κ2) is 6.82. The summed E-state index contributed by atoms with van der Waals surface area (Å²) in [4.78, 5) is 11.1. The molecule has 2 atom stereocenters. The molecule has 0 saturated carbocycles. The minimum absolute atomic E-state index is 0.211. The van der Waals surface area contributed by atoms with Crippen LogP contribution in [-0.4, -0.2) is 45.7 Å². The summed E-state index contributed by atoms with van der Waals surface area (Å²) in [6.07, 6.45) is 5.58. The molecule has 2 heterocycles. The molecule has 0 amide bonds. The number of aliphatic hydroxyl groups is 1. The number of likely N-dealkylation sites (tertiary alicyclic amines) is 1. The average molecular weight is 264 g/mol. The van der Waals surface area contributed by atoms with Gasteiger partial charge in [0.2, 0.25) is 0 Å². The fourth-order valence-corrected chi connectivity index (χ4v) is 2.41. The molecule has 0 spiro atoms. The van der Waals surface area contributed by atoms with Crippen molar-refractivity contribution in [2.24, 2.45) is 5.92 Å². The molecule has 2 unspecified atom stereocenters. The van der Waals surface area contributed by atoms with E-state index in [1.807, 2.05) is 13.1 Å². The van der Waals surface area contributed by atoms with Crippen molar-refractivity contribution in [3.63, 3.8) is 0 Å². The standard InChI is InChI=1S/C14H24N4O/c1-3-5-15-14-8-16-13(7-17-14)10-18-6-4-12(9-18)11(2)19/h7-8,11-12,19H,3-6,9-10H2,1-2H3,(H,15,17). The summed E-state index contributed by atoms with van der Waals surface area (Å²) >= 11 is 0. The summed E-state index contributed by atoms with van der Waals surface area (Å²) < 4.78 is 0. The minimum atomic E-state index is -0.211. The first-order chi connectivity index (χ1) is 9.19. The zero-order valence-corrected chi connectivity index (χ0v) is 11.8. The highest BCUT2D eigenvalue weighted by Gasteiger charge is 2.25. The Labute approximate surface area is 115 Å². The van der Waals surface area contributed by atoms with Gasteiger partial charge in [0.15, 0.2) is 0 Å². The second-order valence-electron chi connectivity index (χ2n) is 5.34. The first-order valence-corrected chi connectivity index (χ1v) is 7.14. The molecular formula is C14H24N4O. The number of anilines is 1. The smallest absolute Gasteiger partial charge is 0.144 e. The fraction of sp³-hybridized carbons (Fsp3) is 0.714. The zero-order valence-electron chi connectivity index (χ0n) is 11.8. The van der Waals surface area contributed by atoms with Gasteiger partial charge in [-0.1, -0.05) is 6.92 Å². The average Bonchev–Trinajstić information content (AvgIpc) is 2.87. The van der Waals surface area contributed by atoms with Gasteiger partial charge in [0, 0.05) is 19.6 Å². The monoisotopic (exact) mass is 264 g/mol. The number of aromatic nitrogens is 2. The van der Waals surface area contributed by atoms with Crippen LogP contribution in [-0.2, 0) is 6.54 Å². The summed E-state index contributed by atoms with van der Waals surface area (Å²) in [5, 5.41) is 12.8. The Morgan fingerprint density at radius 1 is 1.47 bits per heavy atom. The molecule has 106 valence electrons. The van der Waals surface area contributed by atoms with Gasteiger partial charge in [-0.15, -0.1) is 0 Å². The molecule has 0 bridgehead atoms. The van der Waals surface area contributed by atoms with E-state index in [-0.39, 0.29) is 6.10 Å². The summed E-state index contributed by atoms with van der Waals surface area (Å²) in [5.74, 6) is 1.24. The summed E-state index contributed by atoms with van der Waals surface area (Å²) in [6, 6.07) is 0. The number of hydrogen-bond donors (Lipinski definition) is 2. The van der Waals surface area contributed by atoms with E-state index in [0.717, 1.165) is 50.5 Å². The Bertz CT molecular complexity index is 380. The van der Waals surface area contributed by atoms with E-state index < -0.39 is 0 Å². The minimum Gasteiger partial charge on any atom is -0.393 e. The van der Waals surface area contributed by atoms with Crippen LogP contribution < -0.4 is 5.32 Å². The molecule has 5 heteroatoms. The highest BCUT2D eigenvalue weighted by Crippen LogP contribution is 2.20. The van der Waals surface area contributed by atoms with Crippen molar-refractivity contribution in [2.45, 2.75) is 39.3 Å². The lowest BCUT2D eigenvalue weighted by atomic mass is 10.0. The first kappa shape index (κ1) is 14.2. The predicted molar refractivity (Wildman–Crippen MR) is 75.9 cm³/mol. The maximum atomic E-state index is 9.59. The van der Waals surface area contributed by atoms with E-state index in [0.29, 0.717) is 5.92 Å².